The number of carbonyl (C=O) groups is 1. The van der Waals surface area contributed by atoms with Gasteiger partial charge in [-0.25, -0.2) is 9.97 Å². The summed E-state index contributed by atoms with van der Waals surface area (Å²) >= 11 is 6.09. The third-order valence-corrected chi connectivity index (χ3v) is 6.12. The Labute approximate surface area is 230 Å². The average Bonchev–Trinajstić information content (AvgIpc) is 3.45. The van der Waals surface area contributed by atoms with Crippen molar-refractivity contribution in [3.63, 3.8) is 0 Å². The molecule has 10 heteroatoms. The molecule has 0 radical (unpaired) electrons. The van der Waals surface area contributed by atoms with Gasteiger partial charge >= 0.3 is 0 Å². The molecule has 0 saturated heterocycles. The number of carbonyl (C=O) groups excluding carboxylic acids is 1. The fourth-order valence-electron chi connectivity index (χ4n) is 3.90. The highest BCUT2D eigenvalue weighted by molar-refractivity contribution is 6.30. The van der Waals surface area contributed by atoms with Gasteiger partial charge in [-0.1, -0.05) is 41.9 Å². The van der Waals surface area contributed by atoms with E-state index in [-0.39, 0.29) is 18.1 Å². The second-order valence-electron chi connectivity index (χ2n) is 8.75. The van der Waals surface area contributed by atoms with E-state index in [9.17, 15) is 4.79 Å². The molecule has 0 saturated carbocycles. The van der Waals surface area contributed by atoms with E-state index in [4.69, 9.17) is 22.1 Å². The number of aryl methyl sites for hydroxylation is 1. The lowest BCUT2D eigenvalue weighted by Crippen LogP contribution is -2.33. The van der Waals surface area contributed by atoms with Crippen molar-refractivity contribution in [2.24, 2.45) is 5.73 Å². The average molecular weight is 540 g/mol. The van der Waals surface area contributed by atoms with Crippen LogP contribution in [0.4, 0.5) is 11.6 Å². The lowest BCUT2D eigenvalue weighted by molar-refractivity contribution is 0.0933. The number of benzene rings is 3. The number of anilines is 2. The molecule has 0 fully saturated rings. The summed E-state index contributed by atoms with van der Waals surface area (Å²) in [6, 6.07) is 23.9. The fourth-order valence-corrected chi connectivity index (χ4v) is 4.10. The summed E-state index contributed by atoms with van der Waals surface area (Å²) in [4.78, 5) is 26.2. The van der Waals surface area contributed by atoms with Crippen LogP contribution in [0.25, 0.3) is 5.82 Å². The normalized spacial score (nSPS) is 11.6. The molecule has 1 unspecified atom stereocenters. The van der Waals surface area contributed by atoms with Crippen LogP contribution in [-0.2, 0) is 0 Å². The highest BCUT2D eigenvalue weighted by Gasteiger charge is 2.18. The number of hydrogen-bond acceptors (Lipinski definition) is 7. The first-order valence-electron chi connectivity index (χ1n) is 12.2. The van der Waals surface area contributed by atoms with Gasteiger partial charge in [-0.05, 0) is 61.0 Å². The predicted molar refractivity (Wildman–Crippen MR) is 151 cm³/mol. The molecule has 2 aromatic heterocycles. The summed E-state index contributed by atoms with van der Waals surface area (Å²) in [6.07, 6.45) is 4.87. The van der Waals surface area contributed by atoms with Gasteiger partial charge in [-0.2, -0.15) is 4.98 Å². The largest absolute Gasteiger partial charge is 0.457 e. The van der Waals surface area contributed by atoms with Gasteiger partial charge in [0, 0.05) is 35.2 Å². The number of rotatable bonds is 9. The molecule has 5 rings (SSSR count). The number of nitrogens with one attached hydrogen (secondary N) is 2. The maximum atomic E-state index is 12.9. The Morgan fingerprint density at radius 1 is 1.03 bits per heavy atom. The van der Waals surface area contributed by atoms with E-state index in [1.165, 1.54) is 0 Å². The molecule has 196 valence electrons. The summed E-state index contributed by atoms with van der Waals surface area (Å²) in [5.74, 6) is 2.12. The minimum atomic E-state index is -0.401. The minimum Gasteiger partial charge on any atom is -0.457 e. The second-order valence-corrected chi connectivity index (χ2v) is 9.18. The van der Waals surface area contributed by atoms with Gasteiger partial charge in [0.25, 0.3) is 5.91 Å². The Bertz CT molecular complexity index is 1570. The highest BCUT2D eigenvalue weighted by atomic mass is 35.5. The van der Waals surface area contributed by atoms with Gasteiger partial charge in [-0.3, -0.25) is 9.36 Å². The van der Waals surface area contributed by atoms with Crippen molar-refractivity contribution in [2.45, 2.75) is 13.0 Å². The van der Waals surface area contributed by atoms with Crippen LogP contribution in [0, 0.1) is 6.92 Å². The Morgan fingerprint density at radius 3 is 2.54 bits per heavy atom. The van der Waals surface area contributed by atoms with E-state index in [1.54, 1.807) is 35.4 Å². The predicted octanol–water partition coefficient (Wildman–Crippen LogP) is 5.59. The number of nitrogens with zero attached hydrogens (tertiary/aromatic N) is 4. The smallest absolute Gasteiger partial charge is 0.272 e. The first kappa shape index (κ1) is 25.9. The van der Waals surface area contributed by atoms with Crippen molar-refractivity contribution in [3.05, 3.63) is 119 Å². The number of aromatic nitrogens is 4. The molecule has 5 aromatic rings. The van der Waals surface area contributed by atoms with E-state index in [1.807, 2.05) is 73.7 Å². The van der Waals surface area contributed by atoms with E-state index in [0.29, 0.717) is 22.5 Å². The zero-order valence-electron chi connectivity index (χ0n) is 21.1. The summed E-state index contributed by atoms with van der Waals surface area (Å²) in [5.41, 5.74) is 8.57. The molecule has 4 N–H and O–H groups in total. The first-order chi connectivity index (χ1) is 19.0. The Hall–Kier alpha value is -4.73. The van der Waals surface area contributed by atoms with Crippen LogP contribution in [0.2, 0.25) is 5.02 Å². The van der Waals surface area contributed by atoms with Gasteiger partial charge in [0.1, 0.15) is 29.3 Å². The van der Waals surface area contributed by atoms with Gasteiger partial charge in [-0.15, -0.1) is 0 Å². The summed E-state index contributed by atoms with van der Waals surface area (Å²) in [5, 5.41) is 6.69. The number of hydrogen-bond donors (Lipinski definition) is 3. The van der Waals surface area contributed by atoms with Crippen LogP contribution in [0.15, 0.2) is 97.6 Å². The van der Waals surface area contributed by atoms with Crippen molar-refractivity contribution >= 4 is 29.1 Å². The molecule has 9 nitrogen and oxygen atoms in total. The second kappa shape index (κ2) is 11.8. The Morgan fingerprint density at radius 2 is 1.79 bits per heavy atom. The minimum absolute atomic E-state index is 0.214. The van der Waals surface area contributed by atoms with Gasteiger partial charge in [0.05, 0.1) is 6.04 Å². The zero-order chi connectivity index (χ0) is 27.2. The lowest BCUT2D eigenvalue weighted by Gasteiger charge is -2.16. The molecule has 2 heterocycles. The first-order valence-corrected chi connectivity index (χ1v) is 12.6. The number of ether oxygens (including phenoxy) is 1. The van der Waals surface area contributed by atoms with Gasteiger partial charge in [0.15, 0.2) is 0 Å². The number of amides is 1. The van der Waals surface area contributed by atoms with E-state index < -0.39 is 6.04 Å². The number of imidazole rings is 1. The summed E-state index contributed by atoms with van der Waals surface area (Å²) in [6.45, 7) is 2.10. The topological polar surface area (TPSA) is 120 Å². The van der Waals surface area contributed by atoms with E-state index in [0.717, 1.165) is 22.6 Å². The van der Waals surface area contributed by atoms with Crippen LogP contribution in [0.3, 0.4) is 0 Å². The van der Waals surface area contributed by atoms with Crippen molar-refractivity contribution in [3.8, 4) is 17.3 Å². The van der Waals surface area contributed by atoms with E-state index >= 15 is 0 Å². The molecule has 0 bridgehead atoms. The van der Waals surface area contributed by atoms with Crippen molar-refractivity contribution in [2.75, 3.05) is 11.9 Å². The lowest BCUT2D eigenvalue weighted by atomic mass is 10.1. The van der Waals surface area contributed by atoms with E-state index in [2.05, 4.69) is 25.6 Å². The van der Waals surface area contributed by atoms with Gasteiger partial charge in [0.2, 0.25) is 5.95 Å². The molecule has 1 atom stereocenters. The maximum absolute atomic E-state index is 12.9. The fraction of sp³-hybridized carbons (Fsp3) is 0.103. The highest BCUT2D eigenvalue weighted by Crippen LogP contribution is 2.24. The van der Waals surface area contributed by atoms with Gasteiger partial charge < -0.3 is 21.1 Å². The molecule has 0 aliphatic heterocycles. The monoisotopic (exact) mass is 539 g/mol. The quantitative estimate of drug-likeness (QED) is 0.223. The van der Waals surface area contributed by atoms with Crippen LogP contribution in [-0.4, -0.2) is 32.0 Å². The molecule has 1 amide bonds. The Kier molecular flexibility index (Phi) is 7.81. The maximum Gasteiger partial charge on any atom is 0.272 e. The number of halogens is 1. The molecular formula is C29H26ClN7O2. The van der Waals surface area contributed by atoms with Crippen molar-refractivity contribution < 1.29 is 9.53 Å². The van der Waals surface area contributed by atoms with Crippen LogP contribution < -0.4 is 21.1 Å². The summed E-state index contributed by atoms with van der Waals surface area (Å²) < 4.78 is 7.53. The third kappa shape index (κ3) is 6.40. The van der Waals surface area contributed by atoms with Crippen LogP contribution in [0.5, 0.6) is 11.5 Å². The summed E-state index contributed by atoms with van der Waals surface area (Å²) in [7, 11) is 0. The zero-order valence-corrected chi connectivity index (χ0v) is 21.8. The molecule has 0 aliphatic carbocycles. The van der Waals surface area contributed by atoms with Crippen LogP contribution in [0.1, 0.15) is 27.7 Å². The molecule has 39 heavy (non-hydrogen) atoms. The molecule has 3 aromatic carbocycles. The third-order valence-electron chi connectivity index (χ3n) is 5.89. The van der Waals surface area contributed by atoms with Crippen molar-refractivity contribution in [1.29, 1.82) is 0 Å². The molecule has 0 aliphatic rings. The van der Waals surface area contributed by atoms with Crippen molar-refractivity contribution in [1.82, 2.24) is 24.8 Å². The number of nitrogens with two attached hydrogens (primary N) is 1. The molecule has 0 spiro atoms. The molecular weight excluding hydrogens is 514 g/mol. The SMILES string of the molecule is Cc1cnc(Nc2ccc(Oc3ccccc3)cc2)nc1-n1cnc(C(=O)NC(CN)c2cccc(Cl)c2)c1. The Balaban J connectivity index is 1.28. The number of para-hydroxylation sites is 1. The van der Waals surface area contributed by atoms with Crippen LogP contribution >= 0.6 is 11.6 Å². The standard InChI is InChI=1S/C29H26ClN7O2/c1-19-16-32-29(34-22-10-12-24(13-11-22)39-23-8-3-2-4-9-23)36-27(19)37-17-26(33-18-37)28(38)35-25(15-31)20-6-5-7-21(30)14-20/h2-14,16-18,25H,15,31H2,1H3,(H,35,38)(H,32,34,36).